The van der Waals surface area contributed by atoms with Gasteiger partial charge in [0, 0.05) is 19.6 Å². The number of morpholine rings is 1. The summed E-state index contributed by atoms with van der Waals surface area (Å²) in [6, 6.07) is -0.0353. The third-order valence-corrected chi connectivity index (χ3v) is 2.10. The molecule has 1 heterocycles. The molecule has 1 N–H and O–H groups in total. The van der Waals surface area contributed by atoms with Gasteiger partial charge in [0.1, 0.15) is 0 Å². The highest BCUT2D eigenvalue weighted by molar-refractivity contribution is 5.74. The van der Waals surface area contributed by atoms with Gasteiger partial charge in [-0.15, -0.1) is 6.58 Å². The molecule has 1 fully saturated rings. The number of ether oxygens (including phenoxy) is 1. The van der Waals surface area contributed by atoms with Crippen LogP contribution in [0.1, 0.15) is 13.8 Å². The van der Waals surface area contributed by atoms with Crippen LogP contribution in [0.15, 0.2) is 12.7 Å². The highest BCUT2D eigenvalue weighted by Gasteiger charge is 2.25. The van der Waals surface area contributed by atoms with Crippen LogP contribution < -0.4 is 5.32 Å². The molecule has 1 aliphatic rings. The van der Waals surface area contributed by atoms with E-state index in [4.69, 9.17) is 4.74 Å². The standard InChI is InChI=1S/C10H18N2O2/c1-4-5-11-10(13)12-6-8(2)14-9(3)7-12/h4,8-9H,1,5-7H2,2-3H3,(H,11,13)/t8-,9+. The van der Waals surface area contributed by atoms with Gasteiger partial charge in [0.2, 0.25) is 0 Å². The van der Waals surface area contributed by atoms with Crippen molar-refractivity contribution < 1.29 is 9.53 Å². The lowest BCUT2D eigenvalue weighted by atomic mass is 10.2. The minimum atomic E-state index is -0.0353. The van der Waals surface area contributed by atoms with Gasteiger partial charge in [-0.2, -0.15) is 0 Å². The van der Waals surface area contributed by atoms with E-state index >= 15 is 0 Å². The predicted molar refractivity (Wildman–Crippen MR) is 55.2 cm³/mol. The van der Waals surface area contributed by atoms with Gasteiger partial charge in [-0.05, 0) is 13.8 Å². The number of nitrogens with one attached hydrogen (secondary N) is 1. The number of rotatable bonds is 2. The average Bonchev–Trinajstić information content (AvgIpc) is 2.12. The highest BCUT2D eigenvalue weighted by atomic mass is 16.5. The molecule has 2 amide bonds. The molecule has 80 valence electrons. The largest absolute Gasteiger partial charge is 0.372 e. The molecule has 2 atom stereocenters. The molecule has 0 radical (unpaired) electrons. The zero-order valence-corrected chi connectivity index (χ0v) is 8.82. The van der Waals surface area contributed by atoms with Gasteiger partial charge in [0.05, 0.1) is 12.2 Å². The minimum Gasteiger partial charge on any atom is -0.372 e. The van der Waals surface area contributed by atoms with Crippen molar-refractivity contribution in [2.24, 2.45) is 0 Å². The topological polar surface area (TPSA) is 41.6 Å². The van der Waals surface area contributed by atoms with E-state index in [1.54, 1.807) is 11.0 Å². The molecule has 0 aromatic heterocycles. The average molecular weight is 198 g/mol. The van der Waals surface area contributed by atoms with Crippen LogP contribution >= 0.6 is 0 Å². The number of urea groups is 1. The lowest BCUT2D eigenvalue weighted by Crippen LogP contribution is -2.51. The van der Waals surface area contributed by atoms with E-state index < -0.39 is 0 Å². The molecule has 4 heteroatoms. The van der Waals surface area contributed by atoms with Gasteiger partial charge in [0.15, 0.2) is 0 Å². The molecule has 1 rings (SSSR count). The number of hydrogen-bond acceptors (Lipinski definition) is 2. The molecule has 0 saturated carbocycles. The Balaban J connectivity index is 2.42. The van der Waals surface area contributed by atoms with E-state index in [0.29, 0.717) is 19.6 Å². The Morgan fingerprint density at radius 1 is 1.57 bits per heavy atom. The third kappa shape index (κ3) is 3.03. The Morgan fingerprint density at radius 3 is 2.64 bits per heavy atom. The Kier molecular flexibility index (Phi) is 3.95. The molecular weight excluding hydrogens is 180 g/mol. The molecule has 4 nitrogen and oxygen atoms in total. The first-order chi connectivity index (χ1) is 6.63. The Bertz CT molecular complexity index is 208. The summed E-state index contributed by atoms with van der Waals surface area (Å²) in [6.07, 6.45) is 1.91. The molecule has 1 aliphatic heterocycles. The molecule has 0 aromatic carbocycles. The fraction of sp³-hybridized carbons (Fsp3) is 0.700. The van der Waals surface area contributed by atoms with Crippen LogP contribution in [0.4, 0.5) is 4.79 Å². The van der Waals surface area contributed by atoms with Crippen molar-refractivity contribution in [2.75, 3.05) is 19.6 Å². The zero-order chi connectivity index (χ0) is 10.6. The van der Waals surface area contributed by atoms with Crippen molar-refractivity contribution in [1.29, 1.82) is 0 Å². The summed E-state index contributed by atoms with van der Waals surface area (Å²) in [6.45, 7) is 9.33. The Labute approximate surface area is 84.9 Å². The van der Waals surface area contributed by atoms with Crippen molar-refractivity contribution in [1.82, 2.24) is 10.2 Å². The molecule has 0 bridgehead atoms. The first-order valence-corrected chi connectivity index (χ1v) is 4.92. The molecule has 0 aliphatic carbocycles. The second kappa shape index (κ2) is 5.00. The van der Waals surface area contributed by atoms with Crippen LogP contribution in [-0.4, -0.2) is 42.8 Å². The van der Waals surface area contributed by atoms with E-state index in [1.165, 1.54) is 0 Å². The molecule has 0 spiro atoms. The van der Waals surface area contributed by atoms with Gasteiger partial charge in [-0.1, -0.05) is 6.08 Å². The number of hydrogen-bond donors (Lipinski definition) is 1. The summed E-state index contributed by atoms with van der Waals surface area (Å²) in [4.78, 5) is 13.3. The molecule has 0 unspecified atom stereocenters. The maximum absolute atomic E-state index is 11.6. The van der Waals surface area contributed by atoms with Crippen molar-refractivity contribution in [3.63, 3.8) is 0 Å². The van der Waals surface area contributed by atoms with Gasteiger partial charge in [-0.3, -0.25) is 0 Å². The zero-order valence-electron chi connectivity index (χ0n) is 8.82. The summed E-state index contributed by atoms with van der Waals surface area (Å²) >= 11 is 0. The fourth-order valence-electron chi connectivity index (χ4n) is 1.61. The molecule has 14 heavy (non-hydrogen) atoms. The Hall–Kier alpha value is -1.03. The van der Waals surface area contributed by atoms with E-state index in [1.807, 2.05) is 13.8 Å². The second-order valence-electron chi connectivity index (χ2n) is 3.64. The summed E-state index contributed by atoms with van der Waals surface area (Å²) in [7, 11) is 0. The van der Waals surface area contributed by atoms with Crippen LogP contribution in [0.5, 0.6) is 0 Å². The third-order valence-electron chi connectivity index (χ3n) is 2.10. The van der Waals surface area contributed by atoms with E-state index in [0.717, 1.165) is 0 Å². The van der Waals surface area contributed by atoms with Crippen LogP contribution in [-0.2, 0) is 4.74 Å². The summed E-state index contributed by atoms with van der Waals surface area (Å²) in [5.41, 5.74) is 0. The van der Waals surface area contributed by atoms with Gasteiger partial charge in [-0.25, -0.2) is 4.79 Å². The highest BCUT2D eigenvalue weighted by Crippen LogP contribution is 2.10. The van der Waals surface area contributed by atoms with Crippen LogP contribution in [0.3, 0.4) is 0 Å². The van der Waals surface area contributed by atoms with Crippen molar-refractivity contribution >= 4 is 6.03 Å². The maximum Gasteiger partial charge on any atom is 0.317 e. The Morgan fingerprint density at radius 2 is 2.14 bits per heavy atom. The lowest BCUT2D eigenvalue weighted by molar-refractivity contribution is -0.0544. The van der Waals surface area contributed by atoms with Gasteiger partial charge >= 0.3 is 6.03 Å². The number of carbonyl (C=O) groups is 1. The lowest BCUT2D eigenvalue weighted by Gasteiger charge is -2.35. The van der Waals surface area contributed by atoms with Crippen molar-refractivity contribution in [2.45, 2.75) is 26.1 Å². The molecule has 1 saturated heterocycles. The summed E-state index contributed by atoms with van der Waals surface area (Å²) in [5, 5.41) is 2.76. The first-order valence-electron chi connectivity index (χ1n) is 4.92. The normalized spacial score (nSPS) is 27.1. The summed E-state index contributed by atoms with van der Waals surface area (Å²) in [5.74, 6) is 0. The maximum atomic E-state index is 11.6. The van der Waals surface area contributed by atoms with Crippen LogP contribution in [0.2, 0.25) is 0 Å². The fourth-order valence-corrected chi connectivity index (χ4v) is 1.61. The monoisotopic (exact) mass is 198 g/mol. The molecule has 0 aromatic rings. The predicted octanol–water partition coefficient (Wildman–Crippen LogP) is 0.991. The smallest absolute Gasteiger partial charge is 0.317 e. The minimum absolute atomic E-state index is 0.0353. The van der Waals surface area contributed by atoms with Crippen LogP contribution in [0.25, 0.3) is 0 Å². The van der Waals surface area contributed by atoms with E-state index in [2.05, 4.69) is 11.9 Å². The summed E-state index contributed by atoms with van der Waals surface area (Å²) < 4.78 is 5.53. The van der Waals surface area contributed by atoms with E-state index in [-0.39, 0.29) is 18.2 Å². The van der Waals surface area contributed by atoms with Crippen molar-refractivity contribution in [3.05, 3.63) is 12.7 Å². The SMILES string of the molecule is C=CCNC(=O)N1C[C@@H](C)O[C@@H](C)C1. The number of nitrogens with zero attached hydrogens (tertiary/aromatic N) is 1. The first kappa shape index (κ1) is 11.0. The van der Waals surface area contributed by atoms with Crippen LogP contribution in [0, 0.1) is 0 Å². The number of carbonyl (C=O) groups excluding carboxylic acids is 1. The number of amides is 2. The second-order valence-corrected chi connectivity index (χ2v) is 3.64. The van der Waals surface area contributed by atoms with Gasteiger partial charge < -0.3 is 15.0 Å². The quantitative estimate of drug-likeness (QED) is 0.672. The van der Waals surface area contributed by atoms with Gasteiger partial charge in [0.25, 0.3) is 0 Å². The van der Waals surface area contributed by atoms with Crippen molar-refractivity contribution in [3.8, 4) is 0 Å². The van der Waals surface area contributed by atoms with E-state index in [9.17, 15) is 4.79 Å². The molecular formula is C10H18N2O2.